The van der Waals surface area contributed by atoms with Crippen LogP contribution in [0.1, 0.15) is 28.8 Å². The topological polar surface area (TPSA) is 93.8 Å². The summed E-state index contributed by atoms with van der Waals surface area (Å²) in [4.78, 5) is 36.0. The molecular formula is C20H16O6. The summed E-state index contributed by atoms with van der Waals surface area (Å²) in [5.41, 5.74) is 0.115. The van der Waals surface area contributed by atoms with Crippen LogP contribution in [-0.2, 0) is 16.1 Å². The van der Waals surface area contributed by atoms with Gasteiger partial charge >= 0.3 is 11.6 Å². The maximum absolute atomic E-state index is 12.2. The molecule has 3 rings (SSSR count). The van der Waals surface area contributed by atoms with Gasteiger partial charge in [-0.3, -0.25) is 9.59 Å². The molecule has 132 valence electrons. The van der Waals surface area contributed by atoms with Gasteiger partial charge in [-0.05, 0) is 23.8 Å². The van der Waals surface area contributed by atoms with Crippen LogP contribution in [0.5, 0.6) is 5.75 Å². The number of fused-ring (bicyclic) bond motifs is 1. The Morgan fingerprint density at radius 1 is 1.00 bits per heavy atom. The lowest BCUT2D eigenvalue weighted by molar-refractivity contribution is -0.144. The molecule has 6 nitrogen and oxygen atoms in total. The summed E-state index contributed by atoms with van der Waals surface area (Å²) in [7, 11) is 0. The van der Waals surface area contributed by atoms with Gasteiger partial charge in [-0.25, -0.2) is 4.79 Å². The number of carbonyl (C=O) groups excluding carboxylic acids is 2. The number of phenolic OH excluding ortho intramolecular Hbond substituents is 1. The molecule has 26 heavy (non-hydrogen) atoms. The van der Waals surface area contributed by atoms with Crippen molar-refractivity contribution in [2.24, 2.45) is 0 Å². The quantitative estimate of drug-likeness (QED) is 0.416. The molecule has 0 unspecified atom stereocenters. The molecule has 0 aliphatic carbocycles. The maximum Gasteiger partial charge on any atom is 0.347 e. The first kappa shape index (κ1) is 17.4. The van der Waals surface area contributed by atoms with Crippen molar-refractivity contribution in [3.8, 4) is 5.75 Å². The Hall–Kier alpha value is -3.41. The minimum absolute atomic E-state index is 0.0408. The average Bonchev–Trinajstić information content (AvgIpc) is 2.64. The van der Waals surface area contributed by atoms with Crippen LogP contribution in [-0.4, -0.2) is 16.9 Å². The van der Waals surface area contributed by atoms with E-state index in [4.69, 9.17) is 9.15 Å². The summed E-state index contributed by atoms with van der Waals surface area (Å²) in [6.45, 7) is 0.134. The zero-order valence-corrected chi connectivity index (χ0v) is 13.8. The highest BCUT2D eigenvalue weighted by atomic mass is 16.5. The molecule has 0 aliphatic rings. The molecule has 0 aliphatic heterocycles. The average molecular weight is 352 g/mol. The number of rotatable bonds is 6. The minimum atomic E-state index is -0.800. The van der Waals surface area contributed by atoms with E-state index in [1.165, 1.54) is 18.2 Å². The molecule has 0 saturated heterocycles. The number of aromatic hydroxyl groups is 1. The van der Waals surface area contributed by atoms with E-state index in [1.54, 1.807) is 6.07 Å². The highest BCUT2D eigenvalue weighted by Gasteiger charge is 2.16. The van der Waals surface area contributed by atoms with Crippen LogP contribution < -0.4 is 5.63 Å². The Morgan fingerprint density at radius 2 is 1.77 bits per heavy atom. The lowest BCUT2D eigenvalue weighted by Crippen LogP contribution is -2.15. The predicted molar refractivity (Wildman–Crippen MR) is 94.0 cm³/mol. The zero-order chi connectivity index (χ0) is 18.5. The molecule has 6 heteroatoms. The van der Waals surface area contributed by atoms with Gasteiger partial charge in [-0.15, -0.1) is 0 Å². The molecule has 0 fully saturated rings. The fourth-order valence-corrected chi connectivity index (χ4v) is 2.45. The van der Waals surface area contributed by atoms with Crippen LogP contribution >= 0.6 is 0 Å². The fraction of sp³-hybridized carbons (Fsp3) is 0.150. The summed E-state index contributed by atoms with van der Waals surface area (Å²) in [6.07, 6.45) is -0.277. The standard InChI is InChI=1S/C20H16O6/c21-15-7-6-14-10-16(20(24)26-18(14)11-15)17(22)8-9-19(23)25-12-13-4-2-1-3-5-13/h1-7,10-11,21H,8-9,12H2. The van der Waals surface area contributed by atoms with Crippen molar-refractivity contribution in [1.29, 1.82) is 0 Å². The van der Waals surface area contributed by atoms with E-state index in [-0.39, 0.29) is 36.3 Å². The Labute approximate surface area is 148 Å². The lowest BCUT2D eigenvalue weighted by atomic mass is 10.1. The molecule has 1 N–H and O–H groups in total. The van der Waals surface area contributed by atoms with Crippen molar-refractivity contribution in [2.75, 3.05) is 0 Å². The van der Waals surface area contributed by atoms with Gasteiger partial charge in [0, 0.05) is 17.9 Å². The smallest absolute Gasteiger partial charge is 0.347 e. The van der Waals surface area contributed by atoms with Gasteiger partial charge in [0.2, 0.25) is 0 Å². The van der Waals surface area contributed by atoms with Crippen molar-refractivity contribution >= 4 is 22.7 Å². The third kappa shape index (κ3) is 4.16. The molecule has 0 saturated carbocycles. The second-order valence-corrected chi connectivity index (χ2v) is 5.74. The molecule has 0 bridgehead atoms. The third-order valence-electron chi connectivity index (χ3n) is 3.82. The number of ketones is 1. The van der Waals surface area contributed by atoms with E-state index in [0.717, 1.165) is 5.56 Å². The number of ether oxygens (including phenoxy) is 1. The number of esters is 1. The molecule has 3 aromatic rings. The summed E-state index contributed by atoms with van der Waals surface area (Å²) < 4.78 is 10.2. The number of Topliss-reactive ketones (excluding diaryl/α,β-unsaturated/α-hetero) is 1. The molecular weight excluding hydrogens is 336 g/mol. The molecule has 1 heterocycles. The monoisotopic (exact) mass is 352 g/mol. The largest absolute Gasteiger partial charge is 0.508 e. The van der Waals surface area contributed by atoms with E-state index in [9.17, 15) is 19.5 Å². The Bertz CT molecular complexity index is 1000. The Morgan fingerprint density at radius 3 is 2.54 bits per heavy atom. The highest BCUT2D eigenvalue weighted by Crippen LogP contribution is 2.19. The normalized spacial score (nSPS) is 10.6. The van der Waals surface area contributed by atoms with Gasteiger partial charge < -0.3 is 14.3 Å². The number of carbonyl (C=O) groups is 2. The molecule has 0 amide bonds. The second-order valence-electron chi connectivity index (χ2n) is 5.74. The Balaban J connectivity index is 1.62. The van der Waals surface area contributed by atoms with E-state index < -0.39 is 17.4 Å². The number of benzene rings is 2. The van der Waals surface area contributed by atoms with Crippen molar-refractivity contribution in [2.45, 2.75) is 19.4 Å². The van der Waals surface area contributed by atoms with Crippen LogP contribution in [0.4, 0.5) is 0 Å². The van der Waals surface area contributed by atoms with Gasteiger partial charge in [0.15, 0.2) is 5.78 Å². The molecule has 0 spiro atoms. The molecule has 2 aromatic carbocycles. The lowest BCUT2D eigenvalue weighted by Gasteiger charge is -2.05. The first-order valence-corrected chi connectivity index (χ1v) is 8.02. The first-order valence-electron chi connectivity index (χ1n) is 8.02. The van der Waals surface area contributed by atoms with E-state index in [2.05, 4.69) is 0 Å². The van der Waals surface area contributed by atoms with Gasteiger partial charge in [0.1, 0.15) is 23.5 Å². The molecule has 1 aromatic heterocycles. The second kappa shape index (κ2) is 7.65. The predicted octanol–water partition coefficient (Wildman–Crippen LogP) is 3.20. The number of hydrogen-bond donors (Lipinski definition) is 1. The summed E-state index contributed by atoms with van der Waals surface area (Å²) in [6, 6.07) is 14.9. The van der Waals surface area contributed by atoms with Crippen molar-refractivity contribution in [1.82, 2.24) is 0 Å². The summed E-state index contributed by atoms with van der Waals surface area (Å²) in [5, 5.41) is 9.91. The number of phenols is 1. The zero-order valence-electron chi connectivity index (χ0n) is 13.8. The van der Waals surface area contributed by atoms with Crippen LogP contribution in [0.2, 0.25) is 0 Å². The summed E-state index contributed by atoms with van der Waals surface area (Å²) >= 11 is 0. The molecule has 0 atom stereocenters. The van der Waals surface area contributed by atoms with Crippen LogP contribution in [0.15, 0.2) is 63.8 Å². The minimum Gasteiger partial charge on any atom is -0.508 e. The maximum atomic E-state index is 12.2. The molecule has 0 radical (unpaired) electrons. The van der Waals surface area contributed by atoms with E-state index in [1.807, 2.05) is 30.3 Å². The van der Waals surface area contributed by atoms with Gasteiger partial charge in [0.05, 0.1) is 6.42 Å². The van der Waals surface area contributed by atoms with Gasteiger partial charge in [-0.1, -0.05) is 30.3 Å². The van der Waals surface area contributed by atoms with Gasteiger partial charge in [-0.2, -0.15) is 0 Å². The van der Waals surface area contributed by atoms with Crippen molar-refractivity contribution < 1.29 is 23.8 Å². The SMILES string of the molecule is O=C(CCC(=O)c1cc2ccc(O)cc2oc1=O)OCc1ccccc1. The first-order chi connectivity index (χ1) is 12.5. The fourth-order valence-electron chi connectivity index (χ4n) is 2.45. The third-order valence-corrected chi connectivity index (χ3v) is 3.82. The van der Waals surface area contributed by atoms with Crippen LogP contribution in [0.25, 0.3) is 11.0 Å². The van der Waals surface area contributed by atoms with E-state index >= 15 is 0 Å². The van der Waals surface area contributed by atoms with Crippen molar-refractivity contribution in [3.63, 3.8) is 0 Å². The van der Waals surface area contributed by atoms with Gasteiger partial charge in [0.25, 0.3) is 0 Å². The number of hydrogen-bond acceptors (Lipinski definition) is 6. The van der Waals surface area contributed by atoms with Crippen LogP contribution in [0.3, 0.4) is 0 Å². The van der Waals surface area contributed by atoms with Crippen molar-refractivity contribution in [3.05, 3.63) is 76.1 Å². The van der Waals surface area contributed by atoms with E-state index in [0.29, 0.717) is 5.39 Å². The highest BCUT2D eigenvalue weighted by molar-refractivity contribution is 5.99. The van der Waals surface area contributed by atoms with Crippen LogP contribution in [0, 0.1) is 0 Å². The summed E-state index contributed by atoms with van der Waals surface area (Å²) in [5.74, 6) is -1.05. The Kier molecular flexibility index (Phi) is 5.12.